The number of fused-ring (bicyclic) bond motifs is 1. The number of para-hydroxylation sites is 1. The fraction of sp³-hybridized carbons (Fsp3) is 0. The van der Waals surface area contributed by atoms with Gasteiger partial charge < -0.3 is 10.2 Å². The van der Waals surface area contributed by atoms with Crippen molar-refractivity contribution in [1.29, 1.82) is 0 Å². The first kappa shape index (κ1) is 13.0. The highest BCUT2D eigenvalue weighted by Gasteiger charge is 2.05. The number of rotatable bonds is 1. The van der Waals surface area contributed by atoms with Gasteiger partial charge in [0.1, 0.15) is 11.3 Å². The minimum Gasteiger partial charge on any atom is -0.507 e. The molecule has 0 aliphatic carbocycles. The molecule has 0 unspecified atom stereocenters. The molecule has 96 valence electrons. The Morgan fingerprint density at radius 2 is 1.95 bits per heavy atom. The van der Waals surface area contributed by atoms with Crippen molar-refractivity contribution in [2.75, 3.05) is 0 Å². The molecular weight excluding hydrogens is 262 g/mol. The van der Waals surface area contributed by atoms with Gasteiger partial charge >= 0.3 is 5.97 Å². The lowest BCUT2D eigenvalue weighted by Gasteiger charge is -1.95. The van der Waals surface area contributed by atoms with E-state index in [4.69, 9.17) is 10.2 Å². The standard InChI is InChI=1S/C7H5NS.C7H6O3/c1-3-8-5-6-2-4-9-7(1)6;8-6-4-2-1-3-5(6)7(9)10/h1-5H;1-4,8H,(H,9,10). The third-order valence-electron chi connectivity index (χ3n) is 2.39. The maximum atomic E-state index is 10.3. The number of aromatic carboxylic acids is 1. The van der Waals surface area contributed by atoms with E-state index >= 15 is 0 Å². The number of nitrogens with zero attached hydrogens (tertiary/aromatic N) is 1. The zero-order valence-electron chi connectivity index (χ0n) is 9.85. The molecule has 4 nitrogen and oxygen atoms in total. The summed E-state index contributed by atoms with van der Waals surface area (Å²) in [6.45, 7) is 0. The molecule has 0 spiro atoms. The Bertz CT molecular complexity index is 663. The van der Waals surface area contributed by atoms with Gasteiger partial charge in [-0.05, 0) is 29.6 Å². The quantitative estimate of drug-likeness (QED) is 0.713. The van der Waals surface area contributed by atoms with E-state index in [-0.39, 0.29) is 11.3 Å². The molecule has 1 aromatic carbocycles. The van der Waals surface area contributed by atoms with Gasteiger partial charge in [-0.15, -0.1) is 11.3 Å². The molecule has 0 radical (unpaired) electrons. The molecule has 0 fully saturated rings. The lowest BCUT2D eigenvalue weighted by Crippen LogP contribution is -1.95. The van der Waals surface area contributed by atoms with Crippen LogP contribution in [0.5, 0.6) is 5.75 Å². The molecule has 2 aromatic heterocycles. The Labute approximate surface area is 113 Å². The zero-order valence-corrected chi connectivity index (χ0v) is 10.7. The number of phenols is 1. The Kier molecular flexibility index (Phi) is 4.10. The Morgan fingerprint density at radius 1 is 1.16 bits per heavy atom. The van der Waals surface area contributed by atoms with Crippen LogP contribution in [0.1, 0.15) is 10.4 Å². The van der Waals surface area contributed by atoms with E-state index in [0.29, 0.717) is 0 Å². The van der Waals surface area contributed by atoms with Crippen molar-refractivity contribution in [1.82, 2.24) is 4.98 Å². The molecule has 3 aromatic rings. The van der Waals surface area contributed by atoms with Crippen LogP contribution < -0.4 is 0 Å². The minimum atomic E-state index is -1.11. The first-order valence-corrected chi connectivity index (χ1v) is 6.35. The van der Waals surface area contributed by atoms with Crippen LogP contribution in [-0.2, 0) is 0 Å². The number of pyridine rings is 1. The van der Waals surface area contributed by atoms with Crippen molar-refractivity contribution in [2.45, 2.75) is 0 Å². The Balaban J connectivity index is 0.000000141. The van der Waals surface area contributed by atoms with Crippen LogP contribution >= 0.6 is 11.3 Å². The van der Waals surface area contributed by atoms with Crippen LogP contribution in [0.3, 0.4) is 0 Å². The minimum absolute atomic E-state index is 0.0671. The van der Waals surface area contributed by atoms with Gasteiger partial charge in [0.2, 0.25) is 0 Å². The van der Waals surface area contributed by atoms with Crippen LogP contribution in [0.15, 0.2) is 54.2 Å². The van der Waals surface area contributed by atoms with Gasteiger partial charge in [-0.1, -0.05) is 12.1 Å². The van der Waals surface area contributed by atoms with E-state index in [1.54, 1.807) is 23.5 Å². The van der Waals surface area contributed by atoms with Crippen LogP contribution in [0.25, 0.3) is 10.1 Å². The molecule has 0 aliphatic rings. The molecule has 0 aliphatic heterocycles. The van der Waals surface area contributed by atoms with Gasteiger partial charge in [0.15, 0.2) is 0 Å². The molecule has 2 N–H and O–H groups in total. The largest absolute Gasteiger partial charge is 0.507 e. The van der Waals surface area contributed by atoms with Crippen molar-refractivity contribution in [3.05, 3.63) is 59.7 Å². The van der Waals surface area contributed by atoms with E-state index in [9.17, 15) is 4.79 Å². The fourth-order valence-electron chi connectivity index (χ4n) is 1.46. The van der Waals surface area contributed by atoms with Crippen LogP contribution in [0.4, 0.5) is 0 Å². The van der Waals surface area contributed by atoms with Crippen LogP contribution in [-0.4, -0.2) is 21.2 Å². The van der Waals surface area contributed by atoms with Crippen molar-refractivity contribution < 1.29 is 15.0 Å². The number of aromatic hydroxyl groups is 1. The van der Waals surface area contributed by atoms with Gasteiger partial charge in [-0.2, -0.15) is 0 Å². The zero-order chi connectivity index (χ0) is 13.7. The summed E-state index contributed by atoms with van der Waals surface area (Å²) < 4.78 is 1.31. The van der Waals surface area contributed by atoms with Crippen LogP contribution in [0, 0.1) is 0 Å². The first-order valence-electron chi connectivity index (χ1n) is 5.47. The summed E-state index contributed by atoms with van der Waals surface area (Å²) in [6, 6.07) is 9.92. The number of aromatic nitrogens is 1. The predicted octanol–water partition coefficient (Wildman–Crippen LogP) is 3.39. The fourth-order valence-corrected chi connectivity index (χ4v) is 2.22. The van der Waals surface area contributed by atoms with Gasteiger partial charge in [0.05, 0.1) is 0 Å². The normalized spacial score (nSPS) is 9.68. The number of thiophene rings is 1. The van der Waals surface area contributed by atoms with Crippen molar-refractivity contribution in [3.63, 3.8) is 0 Å². The summed E-state index contributed by atoms with van der Waals surface area (Å²) in [5.41, 5.74) is -0.0671. The van der Waals surface area contributed by atoms with Crippen LogP contribution in [0.2, 0.25) is 0 Å². The summed E-state index contributed by atoms with van der Waals surface area (Å²) in [4.78, 5) is 14.3. The molecular formula is C14H11NO3S. The van der Waals surface area contributed by atoms with E-state index in [0.717, 1.165) is 0 Å². The molecule has 0 bridgehead atoms. The van der Waals surface area contributed by atoms with Crippen molar-refractivity contribution in [2.24, 2.45) is 0 Å². The van der Waals surface area contributed by atoms with Gasteiger partial charge in [0.25, 0.3) is 0 Å². The van der Waals surface area contributed by atoms with Gasteiger partial charge in [0, 0.05) is 22.5 Å². The highest BCUT2D eigenvalue weighted by molar-refractivity contribution is 7.17. The molecule has 0 amide bonds. The molecule has 3 rings (SSSR count). The second kappa shape index (κ2) is 5.97. The lowest BCUT2D eigenvalue weighted by molar-refractivity contribution is 0.0694. The smallest absolute Gasteiger partial charge is 0.339 e. The number of hydrogen-bond acceptors (Lipinski definition) is 4. The van der Waals surface area contributed by atoms with E-state index in [2.05, 4.69) is 16.4 Å². The second-order valence-corrected chi connectivity index (χ2v) is 4.60. The SMILES string of the molecule is O=C(O)c1ccccc1O.c1cc2sccc2cn1. The molecule has 19 heavy (non-hydrogen) atoms. The number of carboxylic acid groups (broad SMARTS) is 1. The molecule has 0 atom stereocenters. The molecule has 5 heteroatoms. The summed E-state index contributed by atoms with van der Waals surface area (Å²) in [6.07, 6.45) is 3.70. The number of carbonyl (C=O) groups is 1. The summed E-state index contributed by atoms with van der Waals surface area (Å²) >= 11 is 1.75. The first-order chi connectivity index (χ1) is 9.18. The number of benzene rings is 1. The number of carboxylic acids is 1. The maximum absolute atomic E-state index is 10.3. The lowest BCUT2D eigenvalue weighted by atomic mass is 10.2. The summed E-state index contributed by atoms with van der Waals surface area (Å²) in [7, 11) is 0. The summed E-state index contributed by atoms with van der Waals surface area (Å²) in [5, 5.41) is 20.6. The molecule has 0 saturated heterocycles. The average molecular weight is 273 g/mol. The molecule has 2 heterocycles. The van der Waals surface area contributed by atoms with Gasteiger partial charge in [-0.3, -0.25) is 4.98 Å². The molecule has 0 saturated carbocycles. The average Bonchev–Trinajstić information content (AvgIpc) is 2.88. The predicted molar refractivity (Wildman–Crippen MR) is 74.7 cm³/mol. The van der Waals surface area contributed by atoms with E-state index in [1.807, 2.05) is 18.5 Å². The third kappa shape index (κ3) is 3.29. The van der Waals surface area contributed by atoms with E-state index in [1.165, 1.54) is 22.2 Å². The van der Waals surface area contributed by atoms with Crippen molar-refractivity contribution >= 4 is 27.4 Å². The Morgan fingerprint density at radius 3 is 2.58 bits per heavy atom. The highest BCUT2D eigenvalue weighted by atomic mass is 32.1. The second-order valence-electron chi connectivity index (χ2n) is 3.66. The van der Waals surface area contributed by atoms with E-state index < -0.39 is 5.97 Å². The van der Waals surface area contributed by atoms with Gasteiger partial charge in [-0.25, -0.2) is 4.79 Å². The van der Waals surface area contributed by atoms with Crippen molar-refractivity contribution in [3.8, 4) is 5.75 Å². The summed E-state index contributed by atoms with van der Waals surface area (Å²) in [5.74, 6) is -1.31. The number of hydrogen-bond donors (Lipinski definition) is 2. The third-order valence-corrected chi connectivity index (χ3v) is 3.29. The highest BCUT2D eigenvalue weighted by Crippen LogP contribution is 2.17. The maximum Gasteiger partial charge on any atom is 0.339 e. The topological polar surface area (TPSA) is 70.4 Å². The monoisotopic (exact) mass is 273 g/mol. The Hall–Kier alpha value is -2.40.